The molecule has 0 spiro atoms. The van der Waals surface area contributed by atoms with Gasteiger partial charge in [0.1, 0.15) is 5.38 Å². The van der Waals surface area contributed by atoms with Crippen molar-refractivity contribution in [2.24, 2.45) is 5.92 Å². The molecule has 1 aromatic carbocycles. The molecule has 2 rings (SSSR count). The van der Waals surface area contributed by atoms with Gasteiger partial charge in [-0.3, -0.25) is 4.79 Å². The molecule has 2 unspecified atom stereocenters. The summed E-state index contributed by atoms with van der Waals surface area (Å²) in [6, 6.07) is 9.49. The molecule has 0 radical (unpaired) electrons. The van der Waals surface area contributed by atoms with E-state index in [1.165, 1.54) is 12.8 Å². The molecular formula is C16H23ClN2O. The first kappa shape index (κ1) is 15.3. The number of carbonyl (C=O) groups excluding carboxylic acids is 1. The summed E-state index contributed by atoms with van der Waals surface area (Å²) in [6.45, 7) is 6.33. The van der Waals surface area contributed by atoms with Crippen molar-refractivity contribution in [3.8, 4) is 0 Å². The maximum Gasteiger partial charge on any atom is 0.242 e. The van der Waals surface area contributed by atoms with Gasteiger partial charge in [-0.2, -0.15) is 0 Å². The lowest BCUT2D eigenvalue weighted by molar-refractivity contribution is -0.121. The fourth-order valence-electron chi connectivity index (χ4n) is 2.71. The number of likely N-dealkylation sites (tertiary alicyclic amines) is 1. The Bertz CT molecular complexity index is 424. The fraction of sp³-hybridized carbons (Fsp3) is 0.562. The van der Waals surface area contributed by atoms with E-state index in [9.17, 15) is 4.79 Å². The summed E-state index contributed by atoms with van der Waals surface area (Å²) in [5.74, 6) is 0.469. The Morgan fingerprint density at radius 2 is 2.20 bits per heavy atom. The van der Waals surface area contributed by atoms with E-state index < -0.39 is 5.38 Å². The quantitative estimate of drug-likeness (QED) is 0.818. The summed E-state index contributed by atoms with van der Waals surface area (Å²) < 4.78 is 0. The molecule has 1 N–H and O–H groups in total. The van der Waals surface area contributed by atoms with Gasteiger partial charge < -0.3 is 10.2 Å². The van der Waals surface area contributed by atoms with E-state index in [4.69, 9.17) is 11.6 Å². The first-order valence-corrected chi connectivity index (χ1v) is 7.83. The lowest BCUT2D eigenvalue weighted by Gasteiger charge is -2.16. The number of benzene rings is 1. The molecule has 1 heterocycles. The van der Waals surface area contributed by atoms with Gasteiger partial charge in [0.05, 0.1) is 0 Å². The normalized spacial score (nSPS) is 20.8. The molecule has 0 bridgehead atoms. The molecule has 4 heteroatoms. The van der Waals surface area contributed by atoms with Crippen LogP contribution in [-0.2, 0) is 4.79 Å². The van der Waals surface area contributed by atoms with Gasteiger partial charge in [0.2, 0.25) is 5.91 Å². The molecule has 0 aliphatic carbocycles. The van der Waals surface area contributed by atoms with Gasteiger partial charge in [-0.1, -0.05) is 37.3 Å². The highest BCUT2D eigenvalue weighted by Crippen LogP contribution is 2.21. The summed E-state index contributed by atoms with van der Waals surface area (Å²) in [5.41, 5.74) is 0.852. The average molecular weight is 295 g/mol. The molecule has 20 heavy (non-hydrogen) atoms. The number of carbonyl (C=O) groups is 1. The second-order valence-corrected chi connectivity index (χ2v) is 5.91. The van der Waals surface area contributed by atoms with Crippen LogP contribution < -0.4 is 5.32 Å². The Hall–Kier alpha value is -1.06. The van der Waals surface area contributed by atoms with Crippen LogP contribution in [0.15, 0.2) is 30.3 Å². The van der Waals surface area contributed by atoms with E-state index in [1.807, 2.05) is 30.3 Å². The molecule has 0 aromatic heterocycles. The van der Waals surface area contributed by atoms with Crippen LogP contribution in [0.1, 0.15) is 30.7 Å². The van der Waals surface area contributed by atoms with Crippen molar-refractivity contribution < 1.29 is 4.79 Å². The van der Waals surface area contributed by atoms with Crippen molar-refractivity contribution >= 4 is 17.5 Å². The lowest BCUT2D eigenvalue weighted by Crippen LogP contribution is -2.33. The second-order valence-electron chi connectivity index (χ2n) is 5.47. The minimum atomic E-state index is -0.593. The monoisotopic (exact) mass is 294 g/mol. The zero-order valence-electron chi connectivity index (χ0n) is 12.0. The van der Waals surface area contributed by atoms with Crippen molar-refractivity contribution in [1.82, 2.24) is 10.2 Å². The molecule has 1 aliphatic heterocycles. The summed E-state index contributed by atoms with van der Waals surface area (Å²) in [5, 5.41) is 2.39. The summed E-state index contributed by atoms with van der Waals surface area (Å²) >= 11 is 6.20. The highest BCUT2D eigenvalue weighted by Gasteiger charge is 2.23. The van der Waals surface area contributed by atoms with Crippen LogP contribution in [0.5, 0.6) is 0 Å². The van der Waals surface area contributed by atoms with Crippen molar-refractivity contribution in [3.05, 3.63) is 35.9 Å². The largest absolute Gasteiger partial charge is 0.354 e. The molecular weight excluding hydrogens is 272 g/mol. The third-order valence-corrected chi connectivity index (χ3v) is 4.25. The van der Waals surface area contributed by atoms with E-state index in [0.29, 0.717) is 5.92 Å². The van der Waals surface area contributed by atoms with E-state index in [1.54, 1.807) is 0 Å². The Labute approximate surface area is 126 Å². The first-order valence-electron chi connectivity index (χ1n) is 7.39. The number of nitrogens with one attached hydrogen (secondary N) is 1. The topological polar surface area (TPSA) is 32.3 Å². The number of halogens is 1. The molecule has 1 aliphatic rings. The number of hydrogen-bond donors (Lipinski definition) is 1. The molecule has 1 amide bonds. The smallest absolute Gasteiger partial charge is 0.242 e. The van der Waals surface area contributed by atoms with Crippen LogP contribution in [0.2, 0.25) is 0 Å². The SMILES string of the molecule is CCCN1CCC(CNC(=O)C(Cl)c2ccccc2)C1. The van der Waals surface area contributed by atoms with Crippen LogP contribution in [0.3, 0.4) is 0 Å². The van der Waals surface area contributed by atoms with Gasteiger partial charge in [0.25, 0.3) is 0 Å². The van der Waals surface area contributed by atoms with Crippen molar-refractivity contribution in [1.29, 1.82) is 0 Å². The number of amides is 1. The Morgan fingerprint density at radius 1 is 1.45 bits per heavy atom. The van der Waals surface area contributed by atoms with Crippen molar-refractivity contribution in [3.63, 3.8) is 0 Å². The predicted molar refractivity (Wildman–Crippen MR) is 82.9 cm³/mol. The molecule has 2 atom stereocenters. The number of nitrogens with zero attached hydrogens (tertiary/aromatic N) is 1. The van der Waals surface area contributed by atoms with E-state index in [-0.39, 0.29) is 5.91 Å². The standard InChI is InChI=1S/C16H23ClN2O/c1-2-9-19-10-8-13(12-19)11-18-16(20)15(17)14-6-4-3-5-7-14/h3-7,13,15H,2,8-12H2,1H3,(H,18,20). The van der Waals surface area contributed by atoms with E-state index in [0.717, 1.165) is 31.7 Å². The van der Waals surface area contributed by atoms with Gasteiger partial charge >= 0.3 is 0 Å². The molecule has 110 valence electrons. The Balaban J connectivity index is 1.76. The minimum Gasteiger partial charge on any atom is -0.354 e. The number of rotatable bonds is 6. The van der Waals surface area contributed by atoms with Gasteiger partial charge in [-0.05, 0) is 37.4 Å². The predicted octanol–water partition coefficient (Wildman–Crippen LogP) is 2.81. The molecule has 1 aromatic rings. The zero-order chi connectivity index (χ0) is 14.4. The van der Waals surface area contributed by atoms with E-state index in [2.05, 4.69) is 17.1 Å². The Morgan fingerprint density at radius 3 is 2.90 bits per heavy atom. The van der Waals surface area contributed by atoms with Crippen LogP contribution in [0.25, 0.3) is 0 Å². The van der Waals surface area contributed by atoms with Gasteiger partial charge in [-0.15, -0.1) is 11.6 Å². The summed E-state index contributed by atoms with van der Waals surface area (Å²) in [6.07, 6.45) is 2.36. The second kappa shape index (κ2) is 7.65. The van der Waals surface area contributed by atoms with Crippen molar-refractivity contribution in [2.45, 2.75) is 25.1 Å². The summed E-state index contributed by atoms with van der Waals surface area (Å²) in [4.78, 5) is 14.5. The molecule has 1 fully saturated rings. The maximum atomic E-state index is 12.1. The third-order valence-electron chi connectivity index (χ3n) is 3.80. The zero-order valence-corrected chi connectivity index (χ0v) is 12.8. The van der Waals surface area contributed by atoms with Crippen LogP contribution in [0, 0.1) is 5.92 Å². The third kappa shape index (κ3) is 4.22. The van der Waals surface area contributed by atoms with Crippen LogP contribution >= 0.6 is 11.6 Å². The highest BCUT2D eigenvalue weighted by molar-refractivity contribution is 6.30. The number of alkyl halides is 1. The highest BCUT2D eigenvalue weighted by atomic mass is 35.5. The number of hydrogen-bond acceptors (Lipinski definition) is 2. The average Bonchev–Trinajstić information content (AvgIpc) is 2.93. The van der Waals surface area contributed by atoms with Crippen molar-refractivity contribution in [2.75, 3.05) is 26.2 Å². The molecule has 1 saturated heterocycles. The lowest BCUT2D eigenvalue weighted by atomic mass is 10.1. The van der Waals surface area contributed by atoms with E-state index >= 15 is 0 Å². The van der Waals surface area contributed by atoms with Gasteiger partial charge in [-0.25, -0.2) is 0 Å². The molecule has 3 nitrogen and oxygen atoms in total. The summed E-state index contributed by atoms with van der Waals surface area (Å²) in [7, 11) is 0. The maximum absolute atomic E-state index is 12.1. The Kier molecular flexibility index (Phi) is 5.86. The van der Waals surface area contributed by atoms with Gasteiger partial charge in [0.15, 0.2) is 0 Å². The first-order chi connectivity index (χ1) is 9.70. The molecule has 0 saturated carbocycles. The van der Waals surface area contributed by atoms with Crippen LogP contribution in [-0.4, -0.2) is 37.0 Å². The fourth-order valence-corrected chi connectivity index (χ4v) is 2.93. The minimum absolute atomic E-state index is 0.0909. The van der Waals surface area contributed by atoms with Gasteiger partial charge in [0, 0.05) is 13.1 Å². The van der Waals surface area contributed by atoms with Crippen LogP contribution in [0.4, 0.5) is 0 Å².